The molecule has 0 radical (unpaired) electrons. The number of aliphatic hydroxyl groups excluding tert-OH is 1. The van der Waals surface area contributed by atoms with E-state index in [9.17, 15) is 18.3 Å². The summed E-state index contributed by atoms with van der Waals surface area (Å²) in [6.07, 6.45) is -4.93. The molecule has 2 heterocycles. The summed E-state index contributed by atoms with van der Waals surface area (Å²) >= 11 is 0. The molecular formula is C25H32F4N4O2. The highest BCUT2D eigenvalue weighted by molar-refractivity contribution is 5.28. The Bertz CT molecular complexity index is 942. The lowest BCUT2D eigenvalue weighted by Gasteiger charge is -2.43. The highest BCUT2D eigenvalue weighted by Gasteiger charge is 2.42. The van der Waals surface area contributed by atoms with E-state index in [2.05, 4.69) is 16.0 Å². The van der Waals surface area contributed by atoms with Crippen molar-refractivity contribution in [2.45, 2.75) is 56.0 Å². The monoisotopic (exact) mass is 496 g/mol. The normalized spacial score (nSPS) is 26.6. The quantitative estimate of drug-likeness (QED) is 0.421. The maximum atomic E-state index is 15.7. The summed E-state index contributed by atoms with van der Waals surface area (Å²) in [5, 5.41) is 19.4. The maximum absolute atomic E-state index is 15.7. The molecule has 2 aromatic carbocycles. The van der Waals surface area contributed by atoms with Gasteiger partial charge < -0.3 is 9.84 Å². The summed E-state index contributed by atoms with van der Waals surface area (Å²) in [6, 6.07) is 12.1. The molecule has 192 valence electrons. The van der Waals surface area contributed by atoms with Gasteiger partial charge in [-0.3, -0.25) is 20.9 Å². The van der Waals surface area contributed by atoms with Crippen LogP contribution >= 0.6 is 0 Å². The van der Waals surface area contributed by atoms with Crippen molar-refractivity contribution in [2.75, 3.05) is 26.9 Å². The zero-order valence-corrected chi connectivity index (χ0v) is 19.6. The third kappa shape index (κ3) is 6.13. The fraction of sp³-hybridized carbons (Fsp3) is 0.520. The van der Waals surface area contributed by atoms with Gasteiger partial charge in [-0.2, -0.15) is 13.2 Å². The number of rotatable bonds is 8. The minimum Gasteiger partial charge on any atom is -0.497 e. The maximum Gasteiger partial charge on any atom is 0.416 e. The van der Waals surface area contributed by atoms with E-state index in [1.54, 1.807) is 7.11 Å². The summed E-state index contributed by atoms with van der Waals surface area (Å²) in [6.45, 7) is 0.846. The number of halogens is 4. The molecule has 2 saturated heterocycles. The van der Waals surface area contributed by atoms with E-state index in [-0.39, 0.29) is 18.7 Å². The number of nitrogens with one attached hydrogen (secondary N) is 3. The Hall–Kier alpha value is -2.24. The van der Waals surface area contributed by atoms with E-state index in [0.29, 0.717) is 19.6 Å². The lowest BCUT2D eigenvalue weighted by atomic mass is 10.0. The number of hydrogen-bond acceptors (Lipinski definition) is 6. The molecule has 2 aliphatic heterocycles. The summed E-state index contributed by atoms with van der Waals surface area (Å²) in [5.74, 6) is 0.738. The number of benzene rings is 2. The molecule has 2 aliphatic rings. The van der Waals surface area contributed by atoms with E-state index in [4.69, 9.17) is 4.74 Å². The van der Waals surface area contributed by atoms with Gasteiger partial charge in [0.2, 0.25) is 0 Å². The van der Waals surface area contributed by atoms with Gasteiger partial charge in [-0.15, -0.1) is 0 Å². The van der Waals surface area contributed by atoms with Gasteiger partial charge in [-0.05, 0) is 54.7 Å². The molecule has 0 saturated carbocycles. The van der Waals surface area contributed by atoms with Crippen molar-refractivity contribution >= 4 is 0 Å². The number of aliphatic hydroxyl groups is 1. The molecular weight excluding hydrogens is 464 g/mol. The third-order valence-electron chi connectivity index (χ3n) is 6.80. The van der Waals surface area contributed by atoms with Gasteiger partial charge >= 0.3 is 6.18 Å². The van der Waals surface area contributed by atoms with Crippen molar-refractivity contribution in [3.63, 3.8) is 0 Å². The number of alkyl halides is 4. The number of nitrogens with zero attached hydrogens (tertiary/aromatic N) is 1. The van der Waals surface area contributed by atoms with Crippen molar-refractivity contribution in [3.8, 4) is 5.75 Å². The molecule has 0 spiro atoms. The first-order chi connectivity index (χ1) is 16.8. The molecule has 6 nitrogen and oxygen atoms in total. The second-order valence-electron chi connectivity index (χ2n) is 9.07. The Labute approximate surface area is 202 Å². The van der Waals surface area contributed by atoms with Crippen LogP contribution in [-0.4, -0.2) is 61.5 Å². The second kappa shape index (κ2) is 11.2. The predicted molar refractivity (Wildman–Crippen MR) is 124 cm³/mol. The number of hydrogen-bond donors (Lipinski definition) is 4. The molecule has 0 bridgehead atoms. The molecule has 5 atom stereocenters. The van der Waals surface area contributed by atoms with E-state index in [0.717, 1.165) is 41.9 Å². The molecule has 4 rings (SSSR count). The fourth-order valence-corrected chi connectivity index (χ4v) is 4.98. The van der Waals surface area contributed by atoms with Crippen LogP contribution in [0.5, 0.6) is 5.75 Å². The number of methoxy groups -OCH3 is 1. The van der Waals surface area contributed by atoms with Crippen LogP contribution in [0.2, 0.25) is 0 Å². The molecule has 35 heavy (non-hydrogen) atoms. The highest BCUT2D eigenvalue weighted by Crippen LogP contribution is 2.37. The molecule has 4 N–H and O–H groups in total. The van der Waals surface area contributed by atoms with Gasteiger partial charge in [0.05, 0.1) is 31.6 Å². The first kappa shape index (κ1) is 25.8. The van der Waals surface area contributed by atoms with Gasteiger partial charge in [0.1, 0.15) is 5.75 Å². The van der Waals surface area contributed by atoms with E-state index in [1.807, 2.05) is 29.2 Å². The Balaban J connectivity index is 1.42. The summed E-state index contributed by atoms with van der Waals surface area (Å²) < 4.78 is 59.8. The first-order valence-corrected chi connectivity index (χ1v) is 11.8. The van der Waals surface area contributed by atoms with Gasteiger partial charge in [-0.1, -0.05) is 24.3 Å². The lowest BCUT2D eigenvalue weighted by molar-refractivity contribution is -0.137. The van der Waals surface area contributed by atoms with E-state index < -0.39 is 30.2 Å². The van der Waals surface area contributed by atoms with Crippen LogP contribution in [0.25, 0.3) is 0 Å². The molecule has 2 fully saturated rings. The topological polar surface area (TPSA) is 68.8 Å². The van der Waals surface area contributed by atoms with Crippen molar-refractivity contribution in [2.24, 2.45) is 0 Å². The van der Waals surface area contributed by atoms with Crippen LogP contribution < -0.4 is 20.7 Å². The minimum absolute atomic E-state index is 0.160. The van der Waals surface area contributed by atoms with Crippen LogP contribution in [0, 0.1) is 0 Å². The van der Waals surface area contributed by atoms with E-state index >= 15 is 4.39 Å². The average Bonchev–Trinajstić information content (AvgIpc) is 3.34. The average molecular weight is 497 g/mol. The van der Waals surface area contributed by atoms with Crippen molar-refractivity contribution in [1.82, 2.24) is 20.9 Å². The SMILES string of the molecule is COc1ccc(C[C@H](CO)NC2NCNC(N3CCCC3c3ccc(C(F)(F)F)cc3)C2F)cc1. The Morgan fingerprint density at radius 2 is 1.83 bits per heavy atom. The third-order valence-corrected chi connectivity index (χ3v) is 6.80. The Kier molecular flexibility index (Phi) is 8.28. The number of ether oxygens (including phenoxy) is 1. The standard InChI is InChI=1S/C25H32F4N4O2/c1-35-20-10-4-16(5-11-20)13-19(14-34)32-23-22(26)24(31-15-30-23)33-12-2-3-21(33)17-6-8-18(9-7-17)25(27,28)29/h4-11,19,21-24,30-32,34H,2-3,12-15H2,1H3/t19-,21?,22?,23?,24?/m1/s1. The summed E-state index contributed by atoms with van der Waals surface area (Å²) in [4.78, 5) is 2.00. The van der Waals surface area contributed by atoms with Crippen LogP contribution in [0.3, 0.4) is 0 Å². The minimum atomic E-state index is -4.39. The summed E-state index contributed by atoms with van der Waals surface area (Å²) in [7, 11) is 1.59. The summed E-state index contributed by atoms with van der Waals surface area (Å²) in [5.41, 5.74) is 1.05. The molecule has 2 aromatic rings. The van der Waals surface area contributed by atoms with Gasteiger partial charge in [0, 0.05) is 25.3 Å². The largest absolute Gasteiger partial charge is 0.497 e. The van der Waals surface area contributed by atoms with Crippen LogP contribution in [0.4, 0.5) is 17.6 Å². The second-order valence-corrected chi connectivity index (χ2v) is 9.07. The van der Waals surface area contributed by atoms with Crippen LogP contribution in [-0.2, 0) is 12.6 Å². The molecule has 0 aliphatic carbocycles. The van der Waals surface area contributed by atoms with E-state index in [1.165, 1.54) is 12.1 Å². The smallest absolute Gasteiger partial charge is 0.416 e. The molecule has 10 heteroatoms. The first-order valence-electron chi connectivity index (χ1n) is 11.8. The Morgan fingerprint density at radius 1 is 1.11 bits per heavy atom. The van der Waals surface area contributed by atoms with Gasteiger partial charge in [-0.25, -0.2) is 4.39 Å². The van der Waals surface area contributed by atoms with Crippen molar-refractivity contribution in [1.29, 1.82) is 0 Å². The lowest BCUT2D eigenvalue weighted by Crippen LogP contribution is -2.69. The number of likely N-dealkylation sites (tertiary alicyclic amines) is 1. The zero-order valence-electron chi connectivity index (χ0n) is 19.6. The molecule has 0 aromatic heterocycles. The van der Waals surface area contributed by atoms with Crippen molar-refractivity contribution in [3.05, 3.63) is 65.2 Å². The zero-order chi connectivity index (χ0) is 25.0. The van der Waals surface area contributed by atoms with Crippen LogP contribution in [0.1, 0.15) is 35.6 Å². The molecule has 4 unspecified atom stereocenters. The van der Waals surface area contributed by atoms with Gasteiger partial charge in [0.15, 0.2) is 6.17 Å². The van der Waals surface area contributed by atoms with Crippen LogP contribution in [0.15, 0.2) is 48.5 Å². The Morgan fingerprint density at radius 3 is 2.46 bits per heavy atom. The predicted octanol–water partition coefficient (Wildman–Crippen LogP) is 3.18. The highest BCUT2D eigenvalue weighted by atomic mass is 19.4. The van der Waals surface area contributed by atoms with Gasteiger partial charge in [0.25, 0.3) is 0 Å². The fourth-order valence-electron chi connectivity index (χ4n) is 4.98. The molecule has 0 amide bonds. The van der Waals surface area contributed by atoms with Crippen molar-refractivity contribution < 1.29 is 27.4 Å².